The van der Waals surface area contributed by atoms with E-state index in [0.717, 1.165) is 16.8 Å². The van der Waals surface area contributed by atoms with Gasteiger partial charge in [-0.2, -0.15) is 9.78 Å². The first-order valence-corrected chi connectivity index (χ1v) is 4.33. The molecular weight excluding hydrogens is 230 g/mol. The Labute approximate surface area is 93.5 Å². The molecule has 0 saturated heterocycles. The van der Waals surface area contributed by atoms with Crippen LogP contribution in [-0.4, -0.2) is 35.7 Å². The number of hydrogen-bond donors (Lipinski definition) is 1. The number of pyridine rings is 1. The average Bonchev–Trinajstić information content (AvgIpc) is 2.81. The van der Waals surface area contributed by atoms with Gasteiger partial charge in [0.05, 0.1) is 4.92 Å². The van der Waals surface area contributed by atoms with E-state index in [1.165, 1.54) is 12.7 Å². The van der Waals surface area contributed by atoms with Crippen molar-refractivity contribution in [3.63, 3.8) is 0 Å². The van der Waals surface area contributed by atoms with Crippen LogP contribution in [0.5, 0.6) is 0 Å². The van der Waals surface area contributed by atoms with Gasteiger partial charge in [0, 0.05) is 6.07 Å². The number of aromatic carboxylic acids is 1. The van der Waals surface area contributed by atoms with E-state index in [0.29, 0.717) is 0 Å². The Bertz CT molecular complexity index is 580. The largest absolute Gasteiger partial charge is 0.477 e. The number of aromatic nitrogens is 4. The second-order valence-corrected chi connectivity index (χ2v) is 2.94. The average molecular weight is 235 g/mol. The van der Waals surface area contributed by atoms with Gasteiger partial charge < -0.3 is 5.11 Å². The minimum Gasteiger partial charge on any atom is -0.477 e. The van der Waals surface area contributed by atoms with E-state index in [-0.39, 0.29) is 17.2 Å². The topological polar surface area (TPSA) is 124 Å². The Morgan fingerprint density at radius 2 is 2.24 bits per heavy atom. The maximum atomic E-state index is 10.8. The van der Waals surface area contributed by atoms with Crippen molar-refractivity contribution in [3.05, 3.63) is 40.6 Å². The molecule has 0 unspecified atom stereocenters. The molecule has 17 heavy (non-hydrogen) atoms. The second-order valence-electron chi connectivity index (χ2n) is 2.94. The van der Waals surface area contributed by atoms with Crippen LogP contribution in [0, 0.1) is 10.1 Å². The molecule has 0 spiro atoms. The van der Waals surface area contributed by atoms with Crippen molar-refractivity contribution in [1.82, 2.24) is 19.7 Å². The van der Waals surface area contributed by atoms with E-state index in [1.807, 2.05) is 0 Å². The van der Waals surface area contributed by atoms with E-state index >= 15 is 0 Å². The highest BCUT2D eigenvalue weighted by Crippen LogP contribution is 2.19. The summed E-state index contributed by atoms with van der Waals surface area (Å²) in [7, 11) is 0. The van der Waals surface area contributed by atoms with Crippen molar-refractivity contribution in [2.45, 2.75) is 0 Å². The molecule has 2 heterocycles. The smallest absolute Gasteiger partial charge is 0.354 e. The first-order chi connectivity index (χ1) is 8.09. The molecule has 9 nitrogen and oxygen atoms in total. The number of carboxylic acid groups (broad SMARTS) is 1. The predicted molar refractivity (Wildman–Crippen MR) is 52.8 cm³/mol. The molecule has 86 valence electrons. The van der Waals surface area contributed by atoms with Gasteiger partial charge in [-0.25, -0.2) is 14.8 Å². The third-order valence-electron chi connectivity index (χ3n) is 1.91. The first-order valence-electron chi connectivity index (χ1n) is 4.33. The van der Waals surface area contributed by atoms with Crippen molar-refractivity contribution in [3.8, 4) is 5.82 Å². The molecule has 0 atom stereocenters. The van der Waals surface area contributed by atoms with Crippen LogP contribution in [0.2, 0.25) is 0 Å². The molecule has 2 aromatic heterocycles. The summed E-state index contributed by atoms with van der Waals surface area (Å²) in [4.78, 5) is 28.1. The molecule has 0 radical (unpaired) electrons. The molecule has 1 N–H and O–H groups in total. The molecule has 9 heteroatoms. The number of hydrogen-bond acceptors (Lipinski definition) is 6. The fraction of sp³-hybridized carbons (Fsp3) is 0. The Kier molecular flexibility index (Phi) is 2.49. The lowest BCUT2D eigenvalue weighted by Crippen LogP contribution is -2.08. The molecule has 0 aliphatic heterocycles. The zero-order chi connectivity index (χ0) is 12.4. The van der Waals surface area contributed by atoms with Gasteiger partial charge in [-0.3, -0.25) is 10.1 Å². The molecule has 0 fully saturated rings. The number of rotatable bonds is 3. The van der Waals surface area contributed by atoms with Gasteiger partial charge in [0.2, 0.25) is 5.82 Å². The van der Waals surface area contributed by atoms with E-state index in [1.54, 1.807) is 0 Å². The van der Waals surface area contributed by atoms with E-state index in [2.05, 4.69) is 15.1 Å². The van der Waals surface area contributed by atoms with Gasteiger partial charge in [0.1, 0.15) is 12.7 Å². The quantitative estimate of drug-likeness (QED) is 0.597. The maximum absolute atomic E-state index is 10.8. The number of nitrogens with zero attached hydrogens (tertiary/aromatic N) is 5. The minimum atomic E-state index is -1.28. The molecule has 0 bridgehead atoms. The van der Waals surface area contributed by atoms with Crippen molar-refractivity contribution >= 4 is 11.7 Å². The standard InChI is InChI=1S/C8H5N5O4/c14-8(15)5-1-2-6(13(16)17)7(11-5)12-4-9-3-10-12/h1-4H,(H,14,15). The van der Waals surface area contributed by atoms with Gasteiger partial charge in [0.15, 0.2) is 5.69 Å². The lowest BCUT2D eigenvalue weighted by molar-refractivity contribution is -0.384. The predicted octanol–water partition coefficient (Wildman–Crippen LogP) is 0.269. The van der Waals surface area contributed by atoms with E-state index in [4.69, 9.17) is 5.11 Å². The summed E-state index contributed by atoms with van der Waals surface area (Å²) in [5, 5.41) is 23.2. The summed E-state index contributed by atoms with van der Waals surface area (Å²) in [6, 6.07) is 2.12. The van der Waals surface area contributed by atoms with Crippen LogP contribution in [0.15, 0.2) is 24.8 Å². The zero-order valence-electron chi connectivity index (χ0n) is 8.22. The van der Waals surface area contributed by atoms with Gasteiger partial charge in [-0.15, -0.1) is 0 Å². The molecule has 0 amide bonds. The maximum Gasteiger partial charge on any atom is 0.354 e. The minimum absolute atomic E-state index is 0.188. The number of carboxylic acids is 1. The van der Waals surface area contributed by atoms with Crippen LogP contribution in [0.25, 0.3) is 5.82 Å². The highest BCUT2D eigenvalue weighted by molar-refractivity contribution is 5.86. The summed E-state index contributed by atoms with van der Waals surface area (Å²) in [5.74, 6) is -1.46. The third kappa shape index (κ3) is 1.93. The van der Waals surface area contributed by atoms with Gasteiger partial charge >= 0.3 is 11.7 Å². The third-order valence-corrected chi connectivity index (χ3v) is 1.91. The Morgan fingerprint density at radius 1 is 1.47 bits per heavy atom. The van der Waals surface area contributed by atoms with E-state index in [9.17, 15) is 14.9 Å². The second kappa shape index (κ2) is 3.96. The summed E-state index contributed by atoms with van der Waals surface area (Å²) < 4.78 is 1.03. The van der Waals surface area contributed by atoms with E-state index < -0.39 is 10.9 Å². The number of carbonyl (C=O) groups is 1. The van der Waals surface area contributed by atoms with Crippen LogP contribution in [-0.2, 0) is 0 Å². The fourth-order valence-corrected chi connectivity index (χ4v) is 1.19. The molecule has 0 aliphatic rings. The molecule has 0 saturated carbocycles. The fourth-order valence-electron chi connectivity index (χ4n) is 1.19. The van der Waals surface area contributed by atoms with Crippen molar-refractivity contribution in [2.24, 2.45) is 0 Å². The number of nitro groups is 1. The highest BCUT2D eigenvalue weighted by Gasteiger charge is 2.20. The molecule has 0 aromatic carbocycles. The molecular formula is C8H5N5O4. The summed E-state index contributed by atoms with van der Waals surface area (Å²) in [6.45, 7) is 0. The van der Waals surface area contributed by atoms with Crippen molar-refractivity contribution in [2.75, 3.05) is 0 Å². The Hall–Kier alpha value is -2.84. The normalized spacial score (nSPS) is 10.1. The van der Waals surface area contributed by atoms with Crippen LogP contribution < -0.4 is 0 Å². The summed E-state index contributed by atoms with van der Waals surface area (Å²) >= 11 is 0. The molecule has 2 rings (SSSR count). The SMILES string of the molecule is O=C(O)c1ccc([N+](=O)[O-])c(-n2cncn2)n1. The Balaban J connectivity index is 2.64. The molecule has 0 aliphatic carbocycles. The van der Waals surface area contributed by atoms with Crippen LogP contribution >= 0.6 is 0 Å². The van der Waals surface area contributed by atoms with Gasteiger partial charge in [-0.1, -0.05) is 0 Å². The Morgan fingerprint density at radius 3 is 2.76 bits per heavy atom. The van der Waals surface area contributed by atoms with Crippen LogP contribution in [0.1, 0.15) is 10.5 Å². The van der Waals surface area contributed by atoms with Crippen LogP contribution in [0.3, 0.4) is 0 Å². The summed E-state index contributed by atoms with van der Waals surface area (Å²) in [6.07, 6.45) is 2.36. The summed E-state index contributed by atoms with van der Waals surface area (Å²) in [5.41, 5.74) is -0.651. The molecule has 2 aromatic rings. The van der Waals surface area contributed by atoms with Crippen molar-refractivity contribution < 1.29 is 14.8 Å². The van der Waals surface area contributed by atoms with Crippen LogP contribution in [0.4, 0.5) is 5.69 Å². The van der Waals surface area contributed by atoms with Gasteiger partial charge in [0.25, 0.3) is 0 Å². The first kappa shape index (κ1) is 10.7. The van der Waals surface area contributed by atoms with Gasteiger partial charge in [-0.05, 0) is 6.07 Å². The monoisotopic (exact) mass is 235 g/mol. The lowest BCUT2D eigenvalue weighted by Gasteiger charge is -2.02. The van der Waals surface area contributed by atoms with Crippen molar-refractivity contribution in [1.29, 1.82) is 0 Å². The zero-order valence-corrected chi connectivity index (χ0v) is 8.22. The lowest BCUT2D eigenvalue weighted by atomic mass is 10.3. The highest BCUT2D eigenvalue weighted by atomic mass is 16.6.